The van der Waals surface area contributed by atoms with Gasteiger partial charge in [-0.1, -0.05) is 25.5 Å². The highest BCUT2D eigenvalue weighted by Gasteiger charge is 2.34. The molecular weight excluding hydrogens is 364 g/mol. The minimum atomic E-state index is -3.00. The zero-order valence-corrected chi connectivity index (χ0v) is 16.7. The Morgan fingerprint density at radius 3 is 2.81 bits per heavy atom. The van der Waals surface area contributed by atoms with Crippen LogP contribution in [-0.2, 0) is 32.3 Å². The van der Waals surface area contributed by atoms with Crippen molar-refractivity contribution >= 4 is 27.3 Å². The molecule has 3 rings (SSSR count). The van der Waals surface area contributed by atoms with E-state index in [0.29, 0.717) is 25.8 Å². The van der Waals surface area contributed by atoms with Gasteiger partial charge in [0.15, 0.2) is 9.84 Å². The Kier molecular flexibility index (Phi) is 6.19. The molecule has 2 amide bonds. The molecule has 0 radical (unpaired) electrons. The van der Waals surface area contributed by atoms with Crippen LogP contribution in [0.2, 0.25) is 0 Å². The van der Waals surface area contributed by atoms with Crippen LogP contribution < -0.4 is 5.32 Å². The largest absolute Gasteiger partial charge is 0.339 e. The molecule has 2 aliphatic rings. The van der Waals surface area contributed by atoms with Crippen LogP contribution in [0.25, 0.3) is 0 Å². The summed E-state index contributed by atoms with van der Waals surface area (Å²) >= 11 is 0. The van der Waals surface area contributed by atoms with E-state index in [2.05, 4.69) is 12.2 Å². The van der Waals surface area contributed by atoms with E-state index in [4.69, 9.17) is 0 Å². The van der Waals surface area contributed by atoms with Crippen molar-refractivity contribution in [3.63, 3.8) is 0 Å². The molecule has 0 spiro atoms. The van der Waals surface area contributed by atoms with Gasteiger partial charge < -0.3 is 10.2 Å². The summed E-state index contributed by atoms with van der Waals surface area (Å²) in [5.74, 6) is 0.378. The highest BCUT2D eigenvalue weighted by molar-refractivity contribution is 7.91. The lowest BCUT2D eigenvalue weighted by atomic mass is 10.0. The molecular formula is C20H28N2O4S. The fourth-order valence-corrected chi connectivity index (χ4v) is 5.62. The average Bonchev–Trinajstić information content (AvgIpc) is 3.16. The van der Waals surface area contributed by atoms with Gasteiger partial charge in [-0.25, -0.2) is 8.42 Å². The maximum Gasteiger partial charge on any atom is 0.228 e. The van der Waals surface area contributed by atoms with Crippen LogP contribution in [0.3, 0.4) is 0 Å². The minimum absolute atomic E-state index is 0.0235. The summed E-state index contributed by atoms with van der Waals surface area (Å²) in [6, 6.07) is 5.80. The van der Waals surface area contributed by atoms with Crippen molar-refractivity contribution in [3.05, 3.63) is 29.3 Å². The quantitative estimate of drug-likeness (QED) is 0.736. The summed E-state index contributed by atoms with van der Waals surface area (Å²) in [4.78, 5) is 26.0. The predicted octanol–water partition coefficient (Wildman–Crippen LogP) is 2.32. The van der Waals surface area contributed by atoms with E-state index in [9.17, 15) is 18.0 Å². The van der Waals surface area contributed by atoms with Crippen LogP contribution in [0.15, 0.2) is 18.2 Å². The fraction of sp³-hybridized carbons (Fsp3) is 0.600. The number of amides is 2. The normalized spacial score (nSPS) is 20.3. The van der Waals surface area contributed by atoms with Crippen molar-refractivity contribution in [1.82, 2.24) is 4.90 Å². The maximum absolute atomic E-state index is 12.7. The molecule has 1 aromatic rings. The molecule has 1 fully saturated rings. The van der Waals surface area contributed by atoms with Crippen molar-refractivity contribution in [2.24, 2.45) is 0 Å². The number of nitrogens with one attached hydrogen (secondary N) is 1. The van der Waals surface area contributed by atoms with E-state index in [0.717, 1.165) is 42.5 Å². The molecule has 2 heterocycles. The van der Waals surface area contributed by atoms with Crippen LogP contribution in [0.4, 0.5) is 5.69 Å². The van der Waals surface area contributed by atoms with E-state index in [1.165, 1.54) is 0 Å². The maximum atomic E-state index is 12.7. The number of fused-ring (bicyclic) bond motifs is 1. The lowest BCUT2D eigenvalue weighted by molar-refractivity contribution is -0.133. The van der Waals surface area contributed by atoms with Crippen LogP contribution in [0.5, 0.6) is 0 Å². The molecule has 148 valence electrons. The summed E-state index contributed by atoms with van der Waals surface area (Å²) in [6.45, 7) is 2.71. The topological polar surface area (TPSA) is 83.6 Å². The Balaban J connectivity index is 1.54. The van der Waals surface area contributed by atoms with Gasteiger partial charge in [0.25, 0.3) is 0 Å². The van der Waals surface area contributed by atoms with Gasteiger partial charge in [-0.05, 0) is 42.9 Å². The molecule has 7 heteroatoms. The van der Waals surface area contributed by atoms with E-state index < -0.39 is 9.84 Å². The molecule has 2 aliphatic heterocycles. The molecule has 1 atom stereocenters. The first-order chi connectivity index (χ1) is 12.9. The molecule has 1 N–H and O–H groups in total. The van der Waals surface area contributed by atoms with Gasteiger partial charge in [-0.3, -0.25) is 9.59 Å². The highest BCUT2D eigenvalue weighted by atomic mass is 32.2. The van der Waals surface area contributed by atoms with Crippen LogP contribution in [0, 0.1) is 0 Å². The molecule has 0 bridgehead atoms. The third-order valence-electron chi connectivity index (χ3n) is 5.37. The van der Waals surface area contributed by atoms with Gasteiger partial charge in [-0.2, -0.15) is 0 Å². The molecule has 1 aromatic carbocycles. The summed E-state index contributed by atoms with van der Waals surface area (Å²) in [7, 11) is -3.00. The van der Waals surface area contributed by atoms with Gasteiger partial charge in [-0.15, -0.1) is 0 Å². The Bertz CT molecular complexity index is 819. The number of sulfone groups is 1. The Hall–Kier alpha value is -1.89. The van der Waals surface area contributed by atoms with Crippen molar-refractivity contribution in [2.75, 3.05) is 23.4 Å². The fourth-order valence-electron chi connectivity index (χ4n) is 3.89. The Morgan fingerprint density at radius 2 is 2.11 bits per heavy atom. The number of unbranched alkanes of at least 4 members (excludes halogenated alkanes) is 1. The van der Waals surface area contributed by atoms with Gasteiger partial charge in [0, 0.05) is 24.7 Å². The van der Waals surface area contributed by atoms with Crippen LogP contribution in [0.1, 0.15) is 50.2 Å². The predicted molar refractivity (Wildman–Crippen MR) is 105 cm³/mol. The van der Waals surface area contributed by atoms with E-state index in [1.54, 1.807) is 4.90 Å². The first-order valence-corrected chi connectivity index (χ1v) is 11.6. The number of carbonyl (C=O) groups excluding carboxylic acids is 2. The number of benzene rings is 1. The van der Waals surface area contributed by atoms with E-state index in [-0.39, 0.29) is 29.4 Å². The number of nitrogens with zero attached hydrogens (tertiary/aromatic N) is 1. The zero-order valence-electron chi connectivity index (χ0n) is 15.9. The summed E-state index contributed by atoms with van der Waals surface area (Å²) in [6.07, 6.45) is 4.78. The SMILES string of the molecule is CCCCN(C(=O)CCCc1ccc2c(c1)CC(=O)N2)C1CCS(=O)(=O)C1. The third-order valence-corrected chi connectivity index (χ3v) is 7.12. The highest BCUT2D eigenvalue weighted by Crippen LogP contribution is 2.25. The van der Waals surface area contributed by atoms with E-state index >= 15 is 0 Å². The second-order valence-corrected chi connectivity index (χ2v) is 9.80. The molecule has 0 saturated carbocycles. The minimum Gasteiger partial charge on any atom is -0.339 e. The molecule has 6 nitrogen and oxygen atoms in total. The Labute approximate surface area is 161 Å². The molecule has 1 saturated heterocycles. The standard InChI is InChI=1S/C20H28N2O4S/c1-2-3-10-22(17-9-11-27(25,26)14-17)20(24)6-4-5-15-7-8-18-16(12-15)13-19(23)21-18/h7-8,12,17H,2-6,9-11,13-14H2,1H3,(H,21,23). The lowest BCUT2D eigenvalue weighted by Crippen LogP contribution is -2.41. The Morgan fingerprint density at radius 1 is 1.30 bits per heavy atom. The monoisotopic (exact) mass is 392 g/mol. The lowest BCUT2D eigenvalue weighted by Gasteiger charge is -2.28. The van der Waals surface area contributed by atoms with Crippen molar-refractivity contribution in [1.29, 1.82) is 0 Å². The molecule has 0 aromatic heterocycles. The number of carbonyl (C=O) groups is 2. The van der Waals surface area contributed by atoms with Gasteiger partial charge >= 0.3 is 0 Å². The van der Waals surface area contributed by atoms with Crippen molar-refractivity contribution < 1.29 is 18.0 Å². The number of hydrogen-bond donors (Lipinski definition) is 1. The number of rotatable bonds is 8. The molecule has 1 unspecified atom stereocenters. The first-order valence-electron chi connectivity index (χ1n) is 9.79. The third kappa shape index (κ3) is 5.09. The van der Waals surface area contributed by atoms with Crippen molar-refractivity contribution in [2.45, 2.75) is 57.9 Å². The summed E-state index contributed by atoms with van der Waals surface area (Å²) < 4.78 is 23.6. The molecule has 27 heavy (non-hydrogen) atoms. The summed E-state index contributed by atoms with van der Waals surface area (Å²) in [5.41, 5.74) is 3.03. The summed E-state index contributed by atoms with van der Waals surface area (Å²) in [5, 5.41) is 2.82. The van der Waals surface area contributed by atoms with Crippen LogP contribution >= 0.6 is 0 Å². The second kappa shape index (κ2) is 8.42. The number of aryl methyl sites for hydroxylation is 1. The van der Waals surface area contributed by atoms with Gasteiger partial charge in [0.1, 0.15) is 0 Å². The zero-order chi connectivity index (χ0) is 19.4. The van der Waals surface area contributed by atoms with Gasteiger partial charge in [0.05, 0.1) is 17.9 Å². The smallest absolute Gasteiger partial charge is 0.228 e. The average molecular weight is 393 g/mol. The first kappa shape index (κ1) is 19.9. The van der Waals surface area contributed by atoms with Gasteiger partial charge in [0.2, 0.25) is 11.8 Å². The van der Waals surface area contributed by atoms with Crippen LogP contribution in [-0.4, -0.2) is 49.2 Å². The number of hydrogen-bond acceptors (Lipinski definition) is 4. The van der Waals surface area contributed by atoms with E-state index in [1.807, 2.05) is 18.2 Å². The molecule has 0 aliphatic carbocycles. The second-order valence-electron chi connectivity index (χ2n) is 7.57. The number of anilines is 1. The van der Waals surface area contributed by atoms with Crippen molar-refractivity contribution in [3.8, 4) is 0 Å².